The number of likely N-dealkylation sites (tertiary alicyclic amines) is 1. The molecule has 5 aromatic rings. The fourth-order valence-electron chi connectivity index (χ4n) is 4.57. The number of fused-ring (bicyclic) bond motifs is 2. The zero-order chi connectivity index (χ0) is 21.5. The molecular weight excluding hydrogens is 398 g/mol. The number of piperidine rings is 1. The molecule has 1 fully saturated rings. The van der Waals surface area contributed by atoms with E-state index in [0.29, 0.717) is 11.5 Å². The first-order valence-corrected chi connectivity index (χ1v) is 11.0. The number of hydrogen-bond donors (Lipinski definition) is 1. The molecule has 0 aliphatic carbocycles. The third-order valence-electron chi connectivity index (χ3n) is 6.35. The second kappa shape index (κ2) is 7.64. The lowest BCUT2D eigenvalue weighted by atomic mass is 9.95. The van der Waals surface area contributed by atoms with Crippen LogP contribution in [-0.4, -0.2) is 43.2 Å². The third-order valence-corrected chi connectivity index (χ3v) is 6.35. The fourth-order valence-corrected chi connectivity index (χ4v) is 4.57. The summed E-state index contributed by atoms with van der Waals surface area (Å²) in [6.45, 7) is 1.46. The number of hydrogen-bond acceptors (Lipinski definition) is 3. The number of rotatable bonds is 3. The van der Waals surface area contributed by atoms with Gasteiger partial charge in [-0.05, 0) is 37.1 Å². The number of imidazole rings is 2. The predicted octanol–water partition coefficient (Wildman–Crippen LogP) is 4.90. The van der Waals surface area contributed by atoms with E-state index >= 15 is 0 Å². The molecule has 32 heavy (non-hydrogen) atoms. The minimum absolute atomic E-state index is 0.0693. The quantitative estimate of drug-likeness (QED) is 0.451. The molecule has 1 aliphatic heterocycles. The van der Waals surface area contributed by atoms with E-state index in [1.165, 1.54) is 0 Å². The first kappa shape index (κ1) is 18.8. The van der Waals surface area contributed by atoms with Crippen LogP contribution in [0, 0.1) is 0 Å². The van der Waals surface area contributed by atoms with Crippen molar-refractivity contribution in [3.63, 3.8) is 0 Å². The summed E-state index contributed by atoms with van der Waals surface area (Å²) in [7, 11) is 0. The Balaban J connectivity index is 1.18. The number of carbonyl (C=O) groups is 1. The molecule has 4 heterocycles. The van der Waals surface area contributed by atoms with Crippen molar-refractivity contribution in [2.24, 2.45) is 0 Å². The lowest BCUT2D eigenvalue weighted by molar-refractivity contribution is 0.0711. The Morgan fingerprint density at radius 2 is 1.72 bits per heavy atom. The maximum Gasteiger partial charge on any atom is 0.254 e. The highest BCUT2D eigenvalue weighted by atomic mass is 16.2. The molecule has 6 rings (SSSR count). The number of carbonyl (C=O) groups excluding carboxylic acids is 1. The summed E-state index contributed by atoms with van der Waals surface area (Å²) in [5, 5.41) is 0. The van der Waals surface area contributed by atoms with Gasteiger partial charge in [-0.2, -0.15) is 0 Å². The van der Waals surface area contributed by atoms with Gasteiger partial charge in [0, 0.05) is 42.5 Å². The number of amides is 1. The van der Waals surface area contributed by atoms with Crippen LogP contribution in [0.25, 0.3) is 27.9 Å². The van der Waals surface area contributed by atoms with E-state index < -0.39 is 0 Å². The molecule has 2 aromatic carbocycles. The lowest BCUT2D eigenvalue weighted by Gasteiger charge is -2.31. The van der Waals surface area contributed by atoms with Gasteiger partial charge in [0.2, 0.25) is 0 Å². The van der Waals surface area contributed by atoms with Crippen LogP contribution >= 0.6 is 0 Å². The first-order chi connectivity index (χ1) is 15.7. The highest BCUT2D eigenvalue weighted by molar-refractivity contribution is 5.95. The van der Waals surface area contributed by atoms with Gasteiger partial charge in [0.05, 0.1) is 16.7 Å². The standard InChI is InChI=1S/C26H23N5O/c32-26(20-12-15-31-17-23(27-24(31)16-20)18-6-2-1-3-7-18)30-13-10-19(11-14-30)25-28-21-8-4-5-9-22(21)29-25/h1-9,12,15-17,19H,10-11,13-14H2,(H,28,29). The molecule has 1 saturated heterocycles. The molecule has 0 spiro atoms. The average molecular weight is 422 g/mol. The Labute approximate surface area is 185 Å². The zero-order valence-corrected chi connectivity index (χ0v) is 17.6. The van der Waals surface area contributed by atoms with Crippen molar-refractivity contribution in [1.29, 1.82) is 0 Å². The predicted molar refractivity (Wildman–Crippen MR) is 125 cm³/mol. The van der Waals surface area contributed by atoms with Gasteiger partial charge >= 0.3 is 0 Å². The number of nitrogens with zero attached hydrogens (tertiary/aromatic N) is 4. The number of nitrogens with one attached hydrogen (secondary N) is 1. The summed E-state index contributed by atoms with van der Waals surface area (Å²) >= 11 is 0. The van der Waals surface area contributed by atoms with Gasteiger partial charge in [0.1, 0.15) is 11.5 Å². The Bertz CT molecular complexity index is 1380. The van der Waals surface area contributed by atoms with E-state index in [1.807, 2.05) is 82.4 Å². The molecule has 6 nitrogen and oxygen atoms in total. The van der Waals surface area contributed by atoms with Crippen LogP contribution in [0.3, 0.4) is 0 Å². The van der Waals surface area contributed by atoms with Crippen molar-refractivity contribution < 1.29 is 4.79 Å². The topological polar surface area (TPSA) is 66.3 Å². The van der Waals surface area contributed by atoms with Crippen molar-refractivity contribution in [2.75, 3.05) is 13.1 Å². The summed E-state index contributed by atoms with van der Waals surface area (Å²) in [4.78, 5) is 28.1. The second-order valence-electron chi connectivity index (χ2n) is 8.38. The maximum absolute atomic E-state index is 13.2. The van der Waals surface area contributed by atoms with Crippen LogP contribution in [-0.2, 0) is 0 Å². The summed E-state index contributed by atoms with van der Waals surface area (Å²) in [6, 6.07) is 22.0. The lowest BCUT2D eigenvalue weighted by Crippen LogP contribution is -2.38. The molecule has 0 unspecified atom stereocenters. The monoisotopic (exact) mass is 421 g/mol. The summed E-state index contributed by atoms with van der Waals surface area (Å²) < 4.78 is 1.97. The normalized spacial score (nSPS) is 14.9. The van der Waals surface area contributed by atoms with Crippen molar-refractivity contribution in [1.82, 2.24) is 24.3 Å². The minimum atomic E-state index is 0.0693. The van der Waals surface area contributed by atoms with E-state index in [0.717, 1.165) is 59.7 Å². The zero-order valence-electron chi connectivity index (χ0n) is 17.6. The SMILES string of the molecule is O=C(c1ccn2cc(-c3ccccc3)nc2c1)N1CCC(c2nc3ccccc3[nH]2)CC1. The largest absolute Gasteiger partial charge is 0.342 e. The number of H-pyrrole nitrogens is 1. The number of aromatic nitrogens is 4. The number of para-hydroxylation sites is 2. The highest BCUT2D eigenvalue weighted by Gasteiger charge is 2.26. The van der Waals surface area contributed by atoms with Gasteiger partial charge < -0.3 is 14.3 Å². The molecule has 0 bridgehead atoms. The Hall–Kier alpha value is -3.93. The summed E-state index contributed by atoms with van der Waals surface area (Å²) in [6.07, 6.45) is 5.74. The molecule has 6 heteroatoms. The van der Waals surface area contributed by atoms with Gasteiger partial charge in [-0.15, -0.1) is 0 Å². The van der Waals surface area contributed by atoms with Crippen molar-refractivity contribution in [2.45, 2.75) is 18.8 Å². The molecule has 1 aliphatic rings. The van der Waals surface area contributed by atoms with Crippen LogP contribution in [0.5, 0.6) is 0 Å². The molecule has 0 atom stereocenters. The molecule has 0 radical (unpaired) electrons. The van der Waals surface area contributed by atoms with Gasteiger partial charge in [-0.25, -0.2) is 9.97 Å². The molecular formula is C26H23N5O. The van der Waals surface area contributed by atoms with E-state index in [-0.39, 0.29) is 5.91 Å². The number of aromatic amines is 1. The van der Waals surface area contributed by atoms with Gasteiger partial charge in [0.25, 0.3) is 5.91 Å². The van der Waals surface area contributed by atoms with Crippen molar-refractivity contribution in [3.05, 3.63) is 90.5 Å². The van der Waals surface area contributed by atoms with E-state index in [4.69, 9.17) is 9.97 Å². The average Bonchev–Trinajstić information content (AvgIpc) is 3.48. The van der Waals surface area contributed by atoms with Crippen LogP contribution in [0.2, 0.25) is 0 Å². The Morgan fingerprint density at radius 1 is 0.938 bits per heavy atom. The Kier molecular flexibility index (Phi) is 4.49. The van der Waals surface area contributed by atoms with Crippen molar-refractivity contribution in [3.8, 4) is 11.3 Å². The molecule has 0 saturated carbocycles. The van der Waals surface area contributed by atoms with E-state index in [1.54, 1.807) is 0 Å². The smallest absolute Gasteiger partial charge is 0.254 e. The molecule has 3 aromatic heterocycles. The van der Waals surface area contributed by atoms with E-state index in [2.05, 4.69) is 11.1 Å². The second-order valence-corrected chi connectivity index (χ2v) is 8.38. The van der Waals surface area contributed by atoms with Crippen molar-refractivity contribution >= 4 is 22.6 Å². The van der Waals surface area contributed by atoms with Crippen LogP contribution in [0.1, 0.15) is 34.9 Å². The third kappa shape index (κ3) is 3.34. The molecule has 158 valence electrons. The molecule has 1 amide bonds. The fraction of sp³-hybridized carbons (Fsp3) is 0.192. The Morgan fingerprint density at radius 3 is 2.53 bits per heavy atom. The minimum Gasteiger partial charge on any atom is -0.342 e. The van der Waals surface area contributed by atoms with Gasteiger partial charge in [-0.3, -0.25) is 4.79 Å². The number of pyridine rings is 1. The number of benzene rings is 2. The summed E-state index contributed by atoms with van der Waals surface area (Å²) in [5.41, 5.74) is 5.52. The molecule has 1 N–H and O–H groups in total. The van der Waals surface area contributed by atoms with Gasteiger partial charge in [-0.1, -0.05) is 42.5 Å². The van der Waals surface area contributed by atoms with Crippen LogP contribution in [0.4, 0.5) is 0 Å². The van der Waals surface area contributed by atoms with Crippen LogP contribution in [0.15, 0.2) is 79.1 Å². The summed E-state index contributed by atoms with van der Waals surface area (Å²) in [5.74, 6) is 1.46. The van der Waals surface area contributed by atoms with E-state index in [9.17, 15) is 4.79 Å². The van der Waals surface area contributed by atoms with Crippen LogP contribution < -0.4 is 0 Å². The van der Waals surface area contributed by atoms with Gasteiger partial charge in [0.15, 0.2) is 0 Å². The highest BCUT2D eigenvalue weighted by Crippen LogP contribution is 2.28. The maximum atomic E-state index is 13.2. The first-order valence-electron chi connectivity index (χ1n) is 11.0.